The number of fused-ring (bicyclic) bond motifs is 1. The Hall–Kier alpha value is -0.160. The first-order valence-electron chi connectivity index (χ1n) is 10.7. The summed E-state index contributed by atoms with van der Waals surface area (Å²) >= 11 is -1.46. The van der Waals surface area contributed by atoms with Crippen LogP contribution in [0.1, 0.15) is 66.2 Å². The van der Waals surface area contributed by atoms with E-state index in [1.807, 2.05) is 27.7 Å². The van der Waals surface area contributed by atoms with Crippen LogP contribution >= 0.6 is 0 Å². The van der Waals surface area contributed by atoms with E-state index in [4.69, 9.17) is 27.9 Å². The molecule has 170 valence electrons. The molecule has 0 amide bonds. The van der Waals surface area contributed by atoms with Gasteiger partial charge in [-0.3, -0.25) is 8.57 Å². The van der Waals surface area contributed by atoms with E-state index in [2.05, 4.69) is 0 Å². The number of halogens is 1. The second-order valence-electron chi connectivity index (χ2n) is 8.82. The van der Waals surface area contributed by atoms with Crippen LogP contribution in [0.4, 0.5) is 4.39 Å². The van der Waals surface area contributed by atoms with Crippen LogP contribution < -0.4 is 0 Å². The Morgan fingerprint density at radius 3 is 2.28 bits per heavy atom. The largest absolute Gasteiger partial charge is 0.348 e. The zero-order valence-corrected chi connectivity index (χ0v) is 18.7. The summed E-state index contributed by atoms with van der Waals surface area (Å²) < 4.78 is 60.0. The lowest BCUT2D eigenvalue weighted by molar-refractivity contribution is -0.230. The number of hydrogen-bond acceptors (Lipinski definition) is 7. The van der Waals surface area contributed by atoms with Gasteiger partial charge in [0.15, 0.2) is 28.9 Å². The van der Waals surface area contributed by atoms with E-state index >= 15 is 0 Å². The Labute approximate surface area is 175 Å². The van der Waals surface area contributed by atoms with E-state index < -0.39 is 47.3 Å². The predicted octanol–water partition coefficient (Wildman–Crippen LogP) is 3.37. The summed E-state index contributed by atoms with van der Waals surface area (Å²) in [4.78, 5) is 0. The normalized spacial score (nSPS) is 36.4. The lowest BCUT2D eigenvalue weighted by Gasteiger charge is -2.28. The van der Waals surface area contributed by atoms with Crippen molar-refractivity contribution in [3.8, 4) is 0 Å². The third-order valence-electron chi connectivity index (χ3n) is 5.34. The molecule has 0 spiro atoms. The van der Waals surface area contributed by atoms with E-state index in [-0.39, 0.29) is 12.8 Å². The molecule has 9 heteroatoms. The molecule has 3 heterocycles. The van der Waals surface area contributed by atoms with E-state index in [0.717, 1.165) is 32.1 Å². The first-order chi connectivity index (χ1) is 13.7. The Morgan fingerprint density at radius 2 is 1.62 bits per heavy atom. The Balaban J connectivity index is 1.51. The summed E-state index contributed by atoms with van der Waals surface area (Å²) in [6.07, 6.45) is 2.89. The molecular formula is C20H35FO7S. The maximum atomic E-state index is 12.6. The predicted molar refractivity (Wildman–Crippen MR) is 105 cm³/mol. The molecule has 29 heavy (non-hydrogen) atoms. The minimum Gasteiger partial charge on any atom is -0.348 e. The third kappa shape index (κ3) is 6.41. The van der Waals surface area contributed by atoms with Crippen LogP contribution in [0.15, 0.2) is 0 Å². The molecule has 1 unspecified atom stereocenters. The van der Waals surface area contributed by atoms with Crippen LogP contribution in [-0.2, 0) is 38.9 Å². The molecule has 7 nitrogen and oxygen atoms in total. The van der Waals surface area contributed by atoms with Gasteiger partial charge in [0, 0.05) is 5.75 Å². The monoisotopic (exact) mass is 438 g/mol. The van der Waals surface area contributed by atoms with Gasteiger partial charge in [0.2, 0.25) is 0 Å². The molecule has 3 aliphatic heterocycles. The van der Waals surface area contributed by atoms with Gasteiger partial charge in [-0.05, 0) is 40.5 Å². The number of ether oxygens (including phenoxy) is 5. The van der Waals surface area contributed by atoms with Crippen LogP contribution in [0.5, 0.6) is 0 Å². The van der Waals surface area contributed by atoms with Gasteiger partial charge in [-0.2, -0.15) is 0 Å². The molecule has 0 aromatic rings. The smallest absolute Gasteiger partial charge is 0.190 e. The lowest BCUT2D eigenvalue weighted by Crippen LogP contribution is -2.44. The highest BCUT2D eigenvalue weighted by Crippen LogP contribution is 2.42. The standard InChI is InChI=1S/C20H35FO7S/c1-19(2)23-13-14(25-19)15-16(17-18(24-15)27-20(3,4)26-17)28-29(22)12-10-8-6-5-7-9-11-21/h14-18H,5-13H2,1-4H3/t14-,15-,16+,17-,18-,29?/m1/s1. The van der Waals surface area contributed by atoms with Crippen molar-refractivity contribution < 1.29 is 36.5 Å². The van der Waals surface area contributed by atoms with Crippen LogP contribution in [0, 0.1) is 0 Å². The van der Waals surface area contributed by atoms with Crippen molar-refractivity contribution in [3.63, 3.8) is 0 Å². The number of alkyl halides is 1. The van der Waals surface area contributed by atoms with Crippen LogP contribution in [-0.4, -0.2) is 65.5 Å². The van der Waals surface area contributed by atoms with Crippen molar-refractivity contribution in [2.75, 3.05) is 19.0 Å². The van der Waals surface area contributed by atoms with Gasteiger partial charge in [-0.25, -0.2) is 4.21 Å². The highest BCUT2D eigenvalue weighted by Gasteiger charge is 2.59. The number of hydrogen-bond donors (Lipinski definition) is 0. The average Bonchev–Trinajstić information content (AvgIpc) is 3.24. The SMILES string of the molecule is CC1(C)O[C@H]2O[C@H]([C@H]3COC(C)(C)O3)[C@H](OS(=O)CCCCCCCCF)[C@H]2O1. The third-order valence-corrected chi connectivity index (χ3v) is 6.40. The van der Waals surface area contributed by atoms with Gasteiger partial charge in [-0.1, -0.05) is 25.7 Å². The molecule has 0 N–H and O–H groups in total. The molecule has 6 atom stereocenters. The molecule has 0 radical (unpaired) electrons. The Morgan fingerprint density at radius 1 is 0.931 bits per heavy atom. The first-order valence-corrected chi connectivity index (χ1v) is 11.9. The zero-order valence-electron chi connectivity index (χ0n) is 17.9. The molecule has 3 aliphatic rings. The number of unbranched alkanes of at least 4 members (excludes halogenated alkanes) is 5. The van der Waals surface area contributed by atoms with E-state index in [1.54, 1.807) is 0 Å². The van der Waals surface area contributed by atoms with Gasteiger partial charge in [-0.15, -0.1) is 0 Å². The fourth-order valence-corrected chi connectivity index (χ4v) is 4.99. The van der Waals surface area contributed by atoms with Crippen LogP contribution in [0.25, 0.3) is 0 Å². The molecule has 3 rings (SSSR count). The van der Waals surface area contributed by atoms with Crippen molar-refractivity contribution in [2.45, 2.75) is 108 Å². The van der Waals surface area contributed by atoms with Gasteiger partial charge in [0.25, 0.3) is 0 Å². The average molecular weight is 439 g/mol. The van der Waals surface area contributed by atoms with Crippen molar-refractivity contribution in [1.82, 2.24) is 0 Å². The molecule has 0 saturated carbocycles. The molecule has 0 bridgehead atoms. The zero-order chi connectivity index (χ0) is 21.1. The molecule has 3 fully saturated rings. The molecule has 0 aromatic heterocycles. The van der Waals surface area contributed by atoms with Gasteiger partial charge >= 0.3 is 0 Å². The number of rotatable bonds is 11. The maximum Gasteiger partial charge on any atom is 0.190 e. The maximum absolute atomic E-state index is 12.6. The van der Waals surface area contributed by atoms with Gasteiger partial charge < -0.3 is 23.7 Å². The highest BCUT2D eigenvalue weighted by molar-refractivity contribution is 7.80. The van der Waals surface area contributed by atoms with Gasteiger partial charge in [0.1, 0.15) is 24.4 Å². The van der Waals surface area contributed by atoms with E-state index in [9.17, 15) is 8.60 Å². The van der Waals surface area contributed by atoms with Crippen molar-refractivity contribution >= 4 is 11.1 Å². The molecule has 3 saturated heterocycles. The minimum absolute atomic E-state index is 0.250. The van der Waals surface area contributed by atoms with E-state index in [0.29, 0.717) is 18.8 Å². The van der Waals surface area contributed by atoms with Gasteiger partial charge in [0.05, 0.1) is 13.3 Å². The molecule has 0 aliphatic carbocycles. The van der Waals surface area contributed by atoms with Crippen LogP contribution in [0.2, 0.25) is 0 Å². The summed E-state index contributed by atoms with van der Waals surface area (Å²) in [6, 6.07) is 0. The van der Waals surface area contributed by atoms with Crippen molar-refractivity contribution in [1.29, 1.82) is 0 Å². The van der Waals surface area contributed by atoms with Crippen molar-refractivity contribution in [3.05, 3.63) is 0 Å². The second kappa shape index (κ2) is 9.97. The topological polar surface area (TPSA) is 72.5 Å². The molecular weight excluding hydrogens is 403 g/mol. The summed E-state index contributed by atoms with van der Waals surface area (Å²) in [7, 11) is 0. The minimum atomic E-state index is -1.46. The quantitative estimate of drug-likeness (QED) is 0.458. The molecule has 0 aromatic carbocycles. The van der Waals surface area contributed by atoms with E-state index in [1.165, 1.54) is 0 Å². The lowest BCUT2D eigenvalue weighted by atomic mass is 10.1. The summed E-state index contributed by atoms with van der Waals surface area (Å²) in [5, 5.41) is 0. The fraction of sp³-hybridized carbons (Fsp3) is 1.00. The van der Waals surface area contributed by atoms with Crippen molar-refractivity contribution in [2.24, 2.45) is 0 Å². The first kappa shape index (κ1) is 23.5. The highest BCUT2D eigenvalue weighted by atomic mass is 32.2. The fourth-order valence-electron chi connectivity index (χ4n) is 3.98. The summed E-state index contributed by atoms with van der Waals surface area (Å²) in [6.45, 7) is 7.45. The summed E-state index contributed by atoms with van der Waals surface area (Å²) in [5.41, 5.74) is 0. The Bertz CT molecular complexity index is 559. The summed E-state index contributed by atoms with van der Waals surface area (Å²) in [5.74, 6) is -1.03. The van der Waals surface area contributed by atoms with Crippen LogP contribution in [0.3, 0.4) is 0 Å². The second-order valence-corrected chi connectivity index (χ2v) is 10.0. The Kier molecular flexibility index (Phi) is 8.08.